The summed E-state index contributed by atoms with van der Waals surface area (Å²) in [5, 5.41) is 19.5. The van der Waals surface area contributed by atoms with Crippen molar-refractivity contribution in [3.8, 4) is 23.3 Å². The number of hydrogen-bond acceptors (Lipinski definition) is 6. The van der Waals surface area contributed by atoms with Gasteiger partial charge in [-0.05, 0) is 49.2 Å². The highest BCUT2D eigenvalue weighted by atomic mass is 16.5. The second-order valence-electron chi connectivity index (χ2n) is 7.34. The molecule has 1 N–H and O–H groups in total. The maximum Gasteiger partial charge on any atom is 0.331 e. The van der Waals surface area contributed by atoms with Crippen molar-refractivity contribution in [3.05, 3.63) is 87.2 Å². The zero-order chi connectivity index (χ0) is 21.8. The predicted molar refractivity (Wildman–Crippen MR) is 112 cm³/mol. The number of hydrogen-bond donors (Lipinski definition) is 1. The van der Waals surface area contributed by atoms with Crippen molar-refractivity contribution < 1.29 is 14.6 Å². The average Bonchev–Trinajstić information content (AvgIpc) is 3.62. The molecule has 1 aliphatic carbocycles. The van der Waals surface area contributed by atoms with E-state index in [1.54, 1.807) is 24.3 Å². The van der Waals surface area contributed by atoms with Gasteiger partial charge in [-0.15, -0.1) is 0 Å². The van der Waals surface area contributed by atoms with Gasteiger partial charge >= 0.3 is 5.69 Å². The van der Waals surface area contributed by atoms with Gasteiger partial charge in [0.1, 0.15) is 41.6 Å². The van der Waals surface area contributed by atoms with Gasteiger partial charge in [-0.1, -0.05) is 18.2 Å². The van der Waals surface area contributed by atoms with Gasteiger partial charge in [-0.2, -0.15) is 5.26 Å². The number of nitrogens with zero attached hydrogens (tertiary/aromatic N) is 3. The minimum absolute atomic E-state index is 0.0106. The summed E-state index contributed by atoms with van der Waals surface area (Å²) in [5.41, 5.74) is -1.34. The van der Waals surface area contributed by atoms with E-state index in [0.29, 0.717) is 17.2 Å². The quantitative estimate of drug-likeness (QED) is 0.601. The first kappa shape index (κ1) is 20.4. The van der Waals surface area contributed by atoms with Crippen LogP contribution in [0.15, 0.2) is 70.4 Å². The second-order valence-corrected chi connectivity index (χ2v) is 7.34. The SMILES string of the molecule is N#Cc1cn(C2CC2)c(=O)n(C[C@H](O)COc2ccc(Oc3ccccc3)cc2)c1=O. The lowest BCUT2D eigenvalue weighted by Crippen LogP contribution is -2.44. The molecule has 8 nitrogen and oxygen atoms in total. The van der Waals surface area contributed by atoms with Crippen molar-refractivity contribution in [2.75, 3.05) is 6.61 Å². The molecule has 0 saturated heterocycles. The Balaban J connectivity index is 1.39. The molecule has 31 heavy (non-hydrogen) atoms. The summed E-state index contributed by atoms with van der Waals surface area (Å²) in [6.07, 6.45) is 1.87. The smallest absolute Gasteiger partial charge is 0.331 e. The van der Waals surface area contributed by atoms with Gasteiger partial charge in [-0.25, -0.2) is 4.79 Å². The molecule has 4 rings (SSSR count). The molecule has 1 heterocycles. The van der Waals surface area contributed by atoms with E-state index < -0.39 is 17.4 Å². The fraction of sp³-hybridized carbons (Fsp3) is 0.261. The molecule has 0 bridgehead atoms. The van der Waals surface area contributed by atoms with Crippen LogP contribution in [0.3, 0.4) is 0 Å². The molecule has 1 aromatic heterocycles. The van der Waals surface area contributed by atoms with Gasteiger partial charge in [-0.3, -0.25) is 13.9 Å². The largest absolute Gasteiger partial charge is 0.491 e. The zero-order valence-corrected chi connectivity index (χ0v) is 16.7. The van der Waals surface area contributed by atoms with E-state index in [1.807, 2.05) is 36.4 Å². The Morgan fingerprint density at radius 3 is 2.32 bits per heavy atom. The fourth-order valence-corrected chi connectivity index (χ4v) is 3.16. The minimum atomic E-state index is -1.10. The summed E-state index contributed by atoms with van der Waals surface area (Å²) in [4.78, 5) is 25.0. The van der Waals surface area contributed by atoms with E-state index in [9.17, 15) is 20.0 Å². The number of nitriles is 1. The number of aliphatic hydroxyl groups excluding tert-OH is 1. The van der Waals surface area contributed by atoms with Gasteiger partial charge in [0.15, 0.2) is 0 Å². The Hall–Kier alpha value is -3.83. The van der Waals surface area contributed by atoms with Gasteiger partial charge < -0.3 is 14.6 Å². The topological polar surface area (TPSA) is 106 Å². The van der Waals surface area contributed by atoms with E-state index in [1.165, 1.54) is 10.8 Å². The van der Waals surface area contributed by atoms with Crippen molar-refractivity contribution in [2.45, 2.75) is 31.5 Å². The molecule has 2 aromatic carbocycles. The molecule has 1 aliphatic rings. The van der Waals surface area contributed by atoms with Gasteiger partial charge in [0, 0.05) is 12.2 Å². The zero-order valence-electron chi connectivity index (χ0n) is 16.7. The number of aliphatic hydroxyl groups is 1. The Bertz CT molecular complexity index is 1210. The van der Waals surface area contributed by atoms with Crippen molar-refractivity contribution in [1.82, 2.24) is 9.13 Å². The van der Waals surface area contributed by atoms with E-state index in [0.717, 1.165) is 17.4 Å². The van der Waals surface area contributed by atoms with Crippen LogP contribution in [-0.4, -0.2) is 27.0 Å². The molecule has 0 spiro atoms. The number of ether oxygens (including phenoxy) is 2. The predicted octanol–water partition coefficient (Wildman–Crippen LogP) is 2.45. The second kappa shape index (κ2) is 8.90. The van der Waals surface area contributed by atoms with Crippen molar-refractivity contribution in [1.29, 1.82) is 5.26 Å². The highest BCUT2D eigenvalue weighted by molar-refractivity contribution is 5.35. The van der Waals surface area contributed by atoms with Crippen LogP contribution in [0.5, 0.6) is 17.2 Å². The van der Waals surface area contributed by atoms with Crippen LogP contribution in [-0.2, 0) is 6.54 Å². The molecular formula is C23H21N3O5. The van der Waals surface area contributed by atoms with Crippen LogP contribution in [0.1, 0.15) is 24.4 Å². The van der Waals surface area contributed by atoms with Gasteiger partial charge in [0.05, 0.1) is 6.54 Å². The lowest BCUT2D eigenvalue weighted by Gasteiger charge is -2.15. The van der Waals surface area contributed by atoms with Gasteiger partial charge in [0.2, 0.25) is 0 Å². The molecule has 1 fully saturated rings. The van der Waals surface area contributed by atoms with E-state index in [-0.39, 0.29) is 24.8 Å². The van der Waals surface area contributed by atoms with Crippen LogP contribution >= 0.6 is 0 Å². The number of rotatable bonds is 8. The van der Waals surface area contributed by atoms with Crippen LogP contribution < -0.4 is 20.7 Å². The molecule has 158 valence electrons. The van der Waals surface area contributed by atoms with Crippen LogP contribution in [0, 0.1) is 11.3 Å². The van der Waals surface area contributed by atoms with E-state index in [2.05, 4.69) is 0 Å². The summed E-state index contributed by atoms with van der Waals surface area (Å²) < 4.78 is 13.6. The Morgan fingerprint density at radius 2 is 1.68 bits per heavy atom. The number of aromatic nitrogens is 2. The number of para-hydroxylation sites is 1. The van der Waals surface area contributed by atoms with Crippen molar-refractivity contribution in [2.24, 2.45) is 0 Å². The molecule has 1 saturated carbocycles. The average molecular weight is 419 g/mol. The highest BCUT2D eigenvalue weighted by Crippen LogP contribution is 2.33. The van der Waals surface area contributed by atoms with Crippen LogP contribution in [0.2, 0.25) is 0 Å². The Kier molecular flexibility index (Phi) is 5.87. The minimum Gasteiger partial charge on any atom is -0.491 e. The summed E-state index contributed by atoms with van der Waals surface area (Å²) >= 11 is 0. The van der Waals surface area contributed by atoms with Crippen molar-refractivity contribution >= 4 is 0 Å². The first-order valence-electron chi connectivity index (χ1n) is 9.95. The summed E-state index contributed by atoms with van der Waals surface area (Å²) in [6.45, 7) is -0.375. The Morgan fingerprint density at radius 1 is 1.03 bits per heavy atom. The van der Waals surface area contributed by atoms with E-state index >= 15 is 0 Å². The third kappa shape index (κ3) is 4.85. The third-order valence-electron chi connectivity index (χ3n) is 4.89. The maximum atomic E-state index is 12.6. The first-order chi connectivity index (χ1) is 15.0. The highest BCUT2D eigenvalue weighted by Gasteiger charge is 2.27. The standard InChI is InChI=1S/C23H21N3O5/c24-12-16-13-25(17-6-7-17)23(29)26(22(16)28)14-18(27)15-30-19-8-10-21(11-9-19)31-20-4-2-1-3-5-20/h1-5,8-11,13,17-18,27H,6-7,14-15H2/t18-/m0/s1. The Labute approximate surface area is 178 Å². The molecule has 8 heteroatoms. The molecular weight excluding hydrogens is 398 g/mol. The van der Waals surface area contributed by atoms with Crippen molar-refractivity contribution in [3.63, 3.8) is 0 Å². The maximum absolute atomic E-state index is 12.6. The molecule has 3 aromatic rings. The van der Waals surface area contributed by atoms with E-state index in [4.69, 9.17) is 9.47 Å². The van der Waals surface area contributed by atoms with Crippen LogP contribution in [0.4, 0.5) is 0 Å². The fourth-order valence-electron chi connectivity index (χ4n) is 3.16. The normalized spacial score (nSPS) is 13.9. The number of benzene rings is 2. The molecule has 0 radical (unpaired) electrons. The van der Waals surface area contributed by atoms with Gasteiger partial charge in [0.25, 0.3) is 5.56 Å². The summed E-state index contributed by atoms with van der Waals surface area (Å²) in [7, 11) is 0. The molecule has 0 unspecified atom stereocenters. The lowest BCUT2D eigenvalue weighted by molar-refractivity contribution is 0.0899. The molecule has 0 amide bonds. The summed E-state index contributed by atoms with van der Waals surface area (Å²) in [6, 6.07) is 18.1. The third-order valence-corrected chi connectivity index (χ3v) is 4.89. The lowest BCUT2D eigenvalue weighted by atomic mass is 10.3. The summed E-state index contributed by atoms with van der Waals surface area (Å²) in [5.74, 6) is 1.86. The monoisotopic (exact) mass is 419 g/mol. The molecule has 0 aliphatic heterocycles. The van der Waals surface area contributed by atoms with Crippen LogP contribution in [0.25, 0.3) is 0 Å². The molecule has 1 atom stereocenters. The first-order valence-corrected chi connectivity index (χ1v) is 9.95.